The molecule has 11 heavy (non-hydrogen) atoms. The number of rotatable bonds is 2. The van der Waals surface area contributed by atoms with Gasteiger partial charge in [0, 0.05) is 6.21 Å². The second kappa shape index (κ2) is 3.52. The largest absolute Gasteiger partial charge is 0.311 e. The van der Waals surface area contributed by atoms with Crippen molar-refractivity contribution in [2.24, 2.45) is 0 Å². The summed E-state index contributed by atoms with van der Waals surface area (Å²) in [7, 11) is 0. The van der Waals surface area contributed by atoms with Crippen molar-refractivity contribution in [3.05, 3.63) is 35.9 Å². The third kappa shape index (κ3) is 1.65. The molecule has 0 heterocycles. The molecule has 0 bridgehead atoms. The highest BCUT2D eigenvalue weighted by molar-refractivity contribution is 5.68. The van der Waals surface area contributed by atoms with Gasteiger partial charge in [0.25, 0.3) is 0 Å². The third-order valence-corrected chi connectivity index (χ3v) is 1.46. The van der Waals surface area contributed by atoms with E-state index in [1.165, 1.54) is 0 Å². The van der Waals surface area contributed by atoms with E-state index < -0.39 is 5.92 Å². The minimum atomic E-state index is -0.392. The van der Waals surface area contributed by atoms with Gasteiger partial charge in [-0.1, -0.05) is 30.3 Å². The van der Waals surface area contributed by atoms with Gasteiger partial charge >= 0.3 is 0 Å². The summed E-state index contributed by atoms with van der Waals surface area (Å²) < 4.78 is 0. The van der Waals surface area contributed by atoms with Crippen LogP contribution in [0, 0.1) is 16.7 Å². The van der Waals surface area contributed by atoms with Crippen LogP contribution in [-0.4, -0.2) is 6.21 Å². The summed E-state index contributed by atoms with van der Waals surface area (Å²) in [5.74, 6) is -0.392. The molecule has 0 amide bonds. The van der Waals surface area contributed by atoms with Gasteiger partial charge in [-0.25, -0.2) is 0 Å². The van der Waals surface area contributed by atoms with E-state index in [1.807, 2.05) is 36.4 Å². The highest BCUT2D eigenvalue weighted by Gasteiger charge is 2.03. The van der Waals surface area contributed by atoms with Crippen LogP contribution in [0.25, 0.3) is 0 Å². The van der Waals surface area contributed by atoms with Crippen molar-refractivity contribution in [2.45, 2.75) is 5.92 Å². The summed E-state index contributed by atoms with van der Waals surface area (Å²) in [5.41, 5.74) is 0.880. The maximum Gasteiger partial charge on any atom is 0.106 e. The number of nitrogens with one attached hydrogen (secondary N) is 1. The van der Waals surface area contributed by atoms with Crippen LogP contribution < -0.4 is 0 Å². The minimum Gasteiger partial charge on any atom is -0.311 e. The number of nitriles is 1. The quantitative estimate of drug-likeness (QED) is 0.633. The molecule has 0 aliphatic rings. The summed E-state index contributed by atoms with van der Waals surface area (Å²) in [6.07, 6.45) is 1.15. The molecule has 0 saturated heterocycles. The van der Waals surface area contributed by atoms with Crippen molar-refractivity contribution in [1.29, 1.82) is 10.7 Å². The van der Waals surface area contributed by atoms with Crippen LogP contribution in [-0.2, 0) is 0 Å². The maximum absolute atomic E-state index is 8.58. The Hall–Kier alpha value is -1.62. The monoisotopic (exact) mass is 144 g/mol. The molecule has 0 radical (unpaired) electrons. The highest BCUT2D eigenvalue weighted by atomic mass is 14.4. The fourth-order valence-electron chi connectivity index (χ4n) is 0.868. The highest BCUT2D eigenvalue weighted by Crippen LogP contribution is 2.10. The minimum absolute atomic E-state index is 0.392. The Bertz CT molecular complexity index is 271. The second-order valence-electron chi connectivity index (χ2n) is 2.18. The predicted octanol–water partition coefficient (Wildman–Crippen LogP) is 1.94. The molecule has 0 aromatic heterocycles. The fourth-order valence-corrected chi connectivity index (χ4v) is 0.868. The molecule has 2 nitrogen and oxygen atoms in total. The van der Waals surface area contributed by atoms with E-state index in [0.29, 0.717) is 0 Å². The zero-order valence-electron chi connectivity index (χ0n) is 5.99. The molecule has 0 aliphatic heterocycles. The number of nitrogens with zero attached hydrogens (tertiary/aromatic N) is 1. The van der Waals surface area contributed by atoms with E-state index in [0.717, 1.165) is 11.8 Å². The summed E-state index contributed by atoms with van der Waals surface area (Å²) >= 11 is 0. The van der Waals surface area contributed by atoms with Gasteiger partial charge in [0.15, 0.2) is 0 Å². The average Bonchev–Trinajstić information content (AvgIpc) is 2.09. The van der Waals surface area contributed by atoms with Crippen molar-refractivity contribution in [1.82, 2.24) is 0 Å². The van der Waals surface area contributed by atoms with Crippen molar-refractivity contribution < 1.29 is 0 Å². The number of hydrogen-bond acceptors (Lipinski definition) is 2. The Kier molecular flexibility index (Phi) is 2.40. The third-order valence-electron chi connectivity index (χ3n) is 1.46. The molecule has 1 rings (SSSR count). The van der Waals surface area contributed by atoms with Crippen LogP contribution in [0.3, 0.4) is 0 Å². The van der Waals surface area contributed by atoms with E-state index >= 15 is 0 Å². The van der Waals surface area contributed by atoms with Gasteiger partial charge in [-0.2, -0.15) is 5.26 Å². The molecule has 0 aliphatic carbocycles. The van der Waals surface area contributed by atoms with E-state index in [1.54, 1.807) is 0 Å². The lowest BCUT2D eigenvalue weighted by atomic mass is 10.0. The summed E-state index contributed by atoms with van der Waals surface area (Å²) in [6.45, 7) is 0. The molecular weight excluding hydrogens is 136 g/mol. The van der Waals surface area contributed by atoms with E-state index in [-0.39, 0.29) is 0 Å². The van der Waals surface area contributed by atoms with Gasteiger partial charge in [-0.15, -0.1) is 0 Å². The molecule has 1 atom stereocenters. The molecule has 1 N–H and O–H groups in total. The van der Waals surface area contributed by atoms with E-state index in [2.05, 4.69) is 0 Å². The lowest BCUT2D eigenvalue weighted by molar-refractivity contribution is 1.16. The van der Waals surface area contributed by atoms with Crippen molar-refractivity contribution in [3.8, 4) is 6.07 Å². The Balaban J connectivity index is 2.93. The first kappa shape index (κ1) is 7.49. The molecule has 2 heteroatoms. The Morgan fingerprint density at radius 3 is 2.45 bits per heavy atom. The van der Waals surface area contributed by atoms with Crippen LogP contribution in [0.2, 0.25) is 0 Å². The topological polar surface area (TPSA) is 47.6 Å². The molecule has 1 aromatic carbocycles. The number of hydrogen-bond donors (Lipinski definition) is 1. The second-order valence-corrected chi connectivity index (χ2v) is 2.18. The van der Waals surface area contributed by atoms with Gasteiger partial charge in [0.2, 0.25) is 0 Å². The van der Waals surface area contributed by atoms with Gasteiger partial charge in [-0.05, 0) is 5.56 Å². The summed E-state index contributed by atoms with van der Waals surface area (Å²) in [5, 5.41) is 15.5. The van der Waals surface area contributed by atoms with E-state index in [4.69, 9.17) is 10.7 Å². The lowest BCUT2D eigenvalue weighted by Gasteiger charge is -1.99. The van der Waals surface area contributed by atoms with Crippen LogP contribution in [0.5, 0.6) is 0 Å². The lowest BCUT2D eigenvalue weighted by Crippen LogP contribution is -1.94. The summed E-state index contributed by atoms with van der Waals surface area (Å²) in [4.78, 5) is 0. The average molecular weight is 144 g/mol. The summed E-state index contributed by atoms with van der Waals surface area (Å²) in [6, 6.07) is 11.3. The van der Waals surface area contributed by atoms with Crippen molar-refractivity contribution in [2.75, 3.05) is 0 Å². The molecule has 0 fully saturated rings. The first-order valence-corrected chi connectivity index (χ1v) is 3.33. The molecule has 0 saturated carbocycles. The molecule has 1 unspecified atom stereocenters. The first-order valence-electron chi connectivity index (χ1n) is 3.33. The zero-order chi connectivity index (χ0) is 8.10. The van der Waals surface area contributed by atoms with Gasteiger partial charge in [0.05, 0.1) is 6.07 Å². The van der Waals surface area contributed by atoms with Crippen molar-refractivity contribution in [3.63, 3.8) is 0 Å². The Morgan fingerprint density at radius 2 is 2.00 bits per heavy atom. The van der Waals surface area contributed by atoms with Crippen LogP contribution in [0.1, 0.15) is 11.5 Å². The molecular formula is C9H8N2. The van der Waals surface area contributed by atoms with Gasteiger partial charge in [0.1, 0.15) is 5.92 Å². The maximum atomic E-state index is 8.58. The Morgan fingerprint density at radius 1 is 1.36 bits per heavy atom. The fraction of sp³-hybridized carbons (Fsp3) is 0.111. The van der Waals surface area contributed by atoms with Gasteiger partial charge in [-0.3, -0.25) is 0 Å². The smallest absolute Gasteiger partial charge is 0.106 e. The zero-order valence-corrected chi connectivity index (χ0v) is 5.99. The molecule has 54 valence electrons. The first-order chi connectivity index (χ1) is 5.38. The molecule has 1 aromatic rings. The number of benzene rings is 1. The normalized spacial score (nSPS) is 11.5. The standard InChI is InChI=1S/C9H8N2/c10-6-9(7-11)8-4-2-1-3-5-8/h1-6,9-10H. The van der Waals surface area contributed by atoms with Crippen molar-refractivity contribution >= 4 is 6.21 Å². The van der Waals surface area contributed by atoms with Crippen LogP contribution >= 0.6 is 0 Å². The SMILES string of the molecule is N#CC(C=N)c1ccccc1. The Labute approximate surface area is 65.6 Å². The van der Waals surface area contributed by atoms with Crippen LogP contribution in [0.4, 0.5) is 0 Å². The molecule has 0 spiro atoms. The van der Waals surface area contributed by atoms with E-state index in [9.17, 15) is 0 Å². The van der Waals surface area contributed by atoms with Crippen LogP contribution in [0.15, 0.2) is 30.3 Å². The van der Waals surface area contributed by atoms with Gasteiger partial charge < -0.3 is 5.41 Å². The predicted molar refractivity (Wildman–Crippen MR) is 43.6 cm³/mol.